The molecular formula is C15H24O5S. The Morgan fingerprint density at radius 2 is 1.71 bits per heavy atom. The van der Waals surface area contributed by atoms with Gasteiger partial charge in [0.05, 0.1) is 10.8 Å². The second-order valence-electron chi connectivity index (χ2n) is 4.87. The van der Waals surface area contributed by atoms with Crippen molar-refractivity contribution in [1.82, 2.24) is 0 Å². The summed E-state index contributed by atoms with van der Waals surface area (Å²) in [6.07, 6.45) is 3.71. The molecule has 0 aliphatic carbocycles. The van der Waals surface area contributed by atoms with Gasteiger partial charge in [0.2, 0.25) is 0 Å². The molecule has 0 radical (unpaired) electrons. The third kappa shape index (κ3) is 8.47. The maximum Gasteiger partial charge on any atom is 0.306 e. The maximum atomic E-state index is 10.5. The van der Waals surface area contributed by atoms with Gasteiger partial charge in [-0.1, -0.05) is 44.4 Å². The molecule has 1 rings (SSSR count). The van der Waals surface area contributed by atoms with E-state index in [9.17, 15) is 13.2 Å². The van der Waals surface area contributed by atoms with Gasteiger partial charge < -0.3 is 5.11 Å². The van der Waals surface area contributed by atoms with Crippen LogP contribution in [0.4, 0.5) is 0 Å². The second kappa shape index (κ2) is 9.52. The van der Waals surface area contributed by atoms with E-state index in [1.165, 1.54) is 12.1 Å². The Hall–Kier alpha value is -1.40. The summed E-state index contributed by atoms with van der Waals surface area (Å²) in [5.74, 6) is -0.754. The molecule has 0 bridgehead atoms. The molecule has 6 heteroatoms. The maximum absolute atomic E-state index is 10.5. The van der Waals surface area contributed by atoms with Crippen LogP contribution in [0.25, 0.3) is 0 Å². The van der Waals surface area contributed by atoms with Gasteiger partial charge >= 0.3 is 5.97 Å². The molecule has 5 nitrogen and oxygen atoms in total. The highest BCUT2D eigenvalue weighted by Crippen LogP contribution is 2.11. The Balaban J connectivity index is 0.000000384. The van der Waals surface area contributed by atoms with Gasteiger partial charge in [0.15, 0.2) is 0 Å². The summed E-state index contributed by atoms with van der Waals surface area (Å²) in [6, 6.07) is 5.99. The van der Waals surface area contributed by atoms with E-state index in [-0.39, 0.29) is 10.8 Å². The van der Waals surface area contributed by atoms with E-state index in [0.29, 0.717) is 0 Å². The van der Waals surface area contributed by atoms with Gasteiger partial charge in [-0.3, -0.25) is 9.35 Å². The van der Waals surface area contributed by atoms with Gasteiger partial charge in [0.1, 0.15) is 0 Å². The van der Waals surface area contributed by atoms with Crippen molar-refractivity contribution in [2.75, 3.05) is 0 Å². The molecule has 0 saturated carbocycles. The zero-order chi connectivity index (χ0) is 16.5. The molecule has 0 aliphatic heterocycles. The number of hydrogen-bond donors (Lipinski definition) is 2. The van der Waals surface area contributed by atoms with Gasteiger partial charge in [0, 0.05) is 0 Å². The minimum Gasteiger partial charge on any atom is -0.481 e. The van der Waals surface area contributed by atoms with Gasteiger partial charge in [0.25, 0.3) is 10.1 Å². The number of hydrogen-bond acceptors (Lipinski definition) is 3. The molecule has 21 heavy (non-hydrogen) atoms. The van der Waals surface area contributed by atoms with Crippen LogP contribution in [0.2, 0.25) is 0 Å². The van der Waals surface area contributed by atoms with Gasteiger partial charge in [-0.15, -0.1) is 0 Å². The predicted octanol–water partition coefficient (Wildman–Crippen LogP) is 3.53. The van der Waals surface area contributed by atoms with Crippen LogP contribution in [0.1, 0.15) is 45.1 Å². The van der Waals surface area contributed by atoms with Crippen LogP contribution in [-0.4, -0.2) is 24.0 Å². The van der Waals surface area contributed by atoms with Crippen LogP contribution in [0, 0.1) is 12.8 Å². The van der Waals surface area contributed by atoms with E-state index in [1.54, 1.807) is 12.1 Å². The fraction of sp³-hybridized carbons (Fsp3) is 0.533. The van der Waals surface area contributed by atoms with Crippen LogP contribution in [0.3, 0.4) is 0 Å². The SMILES string of the molecule is CCCCC(CC)C(=O)O.Cc1ccc(S(=O)(=O)O)cc1. The Morgan fingerprint density at radius 3 is 2.05 bits per heavy atom. The van der Waals surface area contributed by atoms with Crippen molar-refractivity contribution in [2.24, 2.45) is 5.92 Å². The van der Waals surface area contributed by atoms with Crippen LogP contribution < -0.4 is 0 Å². The van der Waals surface area contributed by atoms with Crippen molar-refractivity contribution < 1.29 is 22.9 Å². The number of carbonyl (C=O) groups is 1. The summed E-state index contributed by atoms with van der Waals surface area (Å²) in [5.41, 5.74) is 0.956. The largest absolute Gasteiger partial charge is 0.481 e. The summed E-state index contributed by atoms with van der Waals surface area (Å²) >= 11 is 0. The molecule has 0 aromatic heterocycles. The molecule has 0 spiro atoms. The topological polar surface area (TPSA) is 91.7 Å². The number of unbranched alkanes of at least 4 members (excludes halogenated alkanes) is 1. The Labute approximate surface area is 126 Å². The highest BCUT2D eigenvalue weighted by Gasteiger charge is 2.12. The monoisotopic (exact) mass is 316 g/mol. The molecule has 1 aromatic carbocycles. The molecule has 0 amide bonds. The Bertz CT molecular complexity index is 519. The lowest BCUT2D eigenvalue weighted by Crippen LogP contribution is -2.11. The van der Waals surface area contributed by atoms with Crippen LogP contribution in [0.5, 0.6) is 0 Å². The average molecular weight is 316 g/mol. The predicted molar refractivity (Wildman–Crippen MR) is 81.9 cm³/mol. The normalized spacial score (nSPS) is 12.2. The van der Waals surface area contributed by atoms with Crippen molar-refractivity contribution >= 4 is 16.1 Å². The number of aliphatic carboxylic acids is 1. The number of carboxylic acids is 1. The quantitative estimate of drug-likeness (QED) is 0.783. The number of benzene rings is 1. The van der Waals surface area contributed by atoms with Crippen molar-refractivity contribution in [1.29, 1.82) is 0 Å². The number of carboxylic acid groups (broad SMARTS) is 1. The summed E-state index contributed by atoms with van der Waals surface area (Å²) in [7, 11) is -4.02. The molecule has 1 aromatic rings. The molecule has 0 aliphatic rings. The van der Waals surface area contributed by atoms with E-state index in [4.69, 9.17) is 9.66 Å². The lowest BCUT2D eigenvalue weighted by molar-refractivity contribution is -0.142. The molecule has 1 unspecified atom stereocenters. The highest BCUT2D eigenvalue weighted by molar-refractivity contribution is 7.85. The fourth-order valence-electron chi connectivity index (χ4n) is 1.66. The Morgan fingerprint density at radius 1 is 1.19 bits per heavy atom. The van der Waals surface area contributed by atoms with E-state index < -0.39 is 16.1 Å². The van der Waals surface area contributed by atoms with E-state index in [2.05, 4.69) is 6.92 Å². The zero-order valence-electron chi connectivity index (χ0n) is 12.7. The first-order valence-electron chi connectivity index (χ1n) is 6.99. The van der Waals surface area contributed by atoms with Crippen LogP contribution in [0.15, 0.2) is 29.2 Å². The first-order valence-corrected chi connectivity index (χ1v) is 8.43. The average Bonchev–Trinajstić information content (AvgIpc) is 2.39. The minimum absolute atomic E-state index is 0.0666. The summed E-state index contributed by atoms with van der Waals surface area (Å²) in [6.45, 7) is 5.84. The van der Waals surface area contributed by atoms with Crippen molar-refractivity contribution in [3.63, 3.8) is 0 Å². The summed E-state index contributed by atoms with van der Waals surface area (Å²) in [4.78, 5) is 10.4. The van der Waals surface area contributed by atoms with Gasteiger partial charge in [-0.2, -0.15) is 8.42 Å². The van der Waals surface area contributed by atoms with Gasteiger partial charge in [-0.05, 0) is 31.9 Å². The van der Waals surface area contributed by atoms with Gasteiger partial charge in [-0.25, -0.2) is 0 Å². The van der Waals surface area contributed by atoms with Crippen LogP contribution in [-0.2, 0) is 14.9 Å². The lowest BCUT2D eigenvalue weighted by Gasteiger charge is -2.06. The molecule has 1 atom stereocenters. The standard InChI is InChI=1S/C8H16O2.C7H8O3S/c1-3-5-6-7(4-2)8(9)10;1-6-2-4-7(5-3-6)11(8,9)10/h7H,3-6H2,1-2H3,(H,9,10);2-5H,1H3,(H,8,9,10). The third-order valence-electron chi connectivity index (χ3n) is 3.07. The van der Waals surface area contributed by atoms with Crippen LogP contribution >= 0.6 is 0 Å². The van der Waals surface area contributed by atoms with Crippen molar-refractivity contribution in [3.05, 3.63) is 29.8 Å². The first-order chi connectivity index (χ1) is 9.72. The molecule has 0 heterocycles. The summed E-state index contributed by atoms with van der Waals surface area (Å²) in [5, 5.41) is 8.60. The Kier molecular flexibility index (Phi) is 8.89. The highest BCUT2D eigenvalue weighted by atomic mass is 32.2. The van der Waals surface area contributed by atoms with E-state index in [0.717, 1.165) is 31.2 Å². The second-order valence-corrected chi connectivity index (χ2v) is 6.30. The molecule has 0 saturated heterocycles. The molecule has 2 N–H and O–H groups in total. The smallest absolute Gasteiger partial charge is 0.306 e. The molecule has 0 fully saturated rings. The lowest BCUT2D eigenvalue weighted by atomic mass is 10.00. The first kappa shape index (κ1) is 19.6. The van der Waals surface area contributed by atoms with E-state index in [1.807, 2.05) is 13.8 Å². The van der Waals surface area contributed by atoms with Crippen molar-refractivity contribution in [2.45, 2.75) is 51.3 Å². The minimum atomic E-state index is -4.02. The molecule has 120 valence electrons. The third-order valence-corrected chi connectivity index (χ3v) is 3.93. The van der Waals surface area contributed by atoms with E-state index >= 15 is 0 Å². The number of rotatable bonds is 6. The zero-order valence-corrected chi connectivity index (χ0v) is 13.6. The van der Waals surface area contributed by atoms with Crippen molar-refractivity contribution in [3.8, 4) is 0 Å². The molecular weight excluding hydrogens is 292 g/mol. The summed E-state index contributed by atoms with van der Waals surface area (Å²) < 4.78 is 29.6. The fourth-order valence-corrected chi connectivity index (χ4v) is 2.14. The number of aryl methyl sites for hydroxylation is 1.